The van der Waals surface area contributed by atoms with E-state index >= 15 is 0 Å². The molecule has 10 nitrogen and oxygen atoms in total. The van der Waals surface area contributed by atoms with Gasteiger partial charge in [0.05, 0.1) is 12.0 Å². The van der Waals surface area contributed by atoms with E-state index in [0.29, 0.717) is 25.0 Å². The molecule has 10 atom stereocenters. The number of carbonyl (C=O) groups is 3. The molecule has 0 radical (unpaired) electrons. The van der Waals surface area contributed by atoms with Crippen LogP contribution in [0.25, 0.3) is 0 Å². The van der Waals surface area contributed by atoms with Gasteiger partial charge in [-0.1, -0.05) is 38.5 Å². The van der Waals surface area contributed by atoms with E-state index in [1.807, 2.05) is 6.92 Å². The SMILES string of the molecule is COC(CC[C@@H](C)[C@H]1CC[C@H]2[C@@H]3[C@H](OC(C)=O)C[C@@H]4C[C@H](OC(C)=O)CC[C@]4(C)[C@H]3CC(=O)[C@]12C)=NNS(=O)(=O)c1ccc(C)cc1. The zero-order valence-corrected chi connectivity index (χ0v) is 29.7. The maximum absolute atomic E-state index is 14.4. The van der Waals surface area contributed by atoms with Crippen LogP contribution in [0.2, 0.25) is 0 Å². The molecule has 260 valence electrons. The number of carbonyl (C=O) groups excluding carboxylic acids is 3. The average Bonchev–Trinajstić information content (AvgIpc) is 3.36. The Balaban J connectivity index is 1.31. The van der Waals surface area contributed by atoms with E-state index in [9.17, 15) is 22.8 Å². The van der Waals surface area contributed by atoms with Gasteiger partial charge in [0.15, 0.2) is 0 Å². The van der Waals surface area contributed by atoms with Gasteiger partial charge in [-0.25, -0.2) is 0 Å². The molecule has 0 saturated heterocycles. The molecule has 47 heavy (non-hydrogen) atoms. The fourth-order valence-corrected chi connectivity index (χ4v) is 11.0. The number of methoxy groups -OCH3 is 1. The van der Waals surface area contributed by atoms with Crippen LogP contribution in [0, 0.1) is 53.3 Å². The zero-order valence-electron chi connectivity index (χ0n) is 28.9. The fourth-order valence-electron chi connectivity index (χ4n) is 10.1. The maximum Gasteiger partial charge on any atom is 0.302 e. The first-order valence-electron chi connectivity index (χ1n) is 17.2. The quantitative estimate of drug-likeness (QED) is 0.147. The van der Waals surface area contributed by atoms with Gasteiger partial charge in [0.2, 0.25) is 5.90 Å². The Labute approximate surface area is 279 Å². The summed E-state index contributed by atoms with van der Waals surface area (Å²) in [6, 6.07) is 6.55. The number of ketones is 1. The Morgan fingerprint density at radius 3 is 2.34 bits per heavy atom. The second-order valence-electron chi connectivity index (χ2n) is 15.1. The molecule has 0 amide bonds. The Bertz CT molecular complexity index is 1490. The number of esters is 2. The molecule has 11 heteroatoms. The summed E-state index contributed by atoms with van der Waals surface area (Å²) in [5, 5.41) is 4.10. The second-order valence-corrected chi connectivity index (χ2v) is 16.8. The lowest BCUT2D eigenvalue weighted by Crippen LogP contribution is -2.62. The molecule has 0 unspecified atom stereocenters. The highest BCUT2D eigenvalue weighted by Crippen LogP contribution is 2.67. The molecule has 0 aromatic heterocycles. The van der Waals surface area contributed by atoms with Crippen LogP contribution in [-0.4, -0.2) is 51.4 Å². The molecule has 4 aliphatic rings. The normalized spacial score (nSPS) is 35.9. The van der Waals surface area contributed by atoms with E-state index in [1.165, 1.54) is 33.1 Å². The summed E-state index contributed by atoms with van der Waals surface area (Å²) in [6.07, 6.45) is 6.08. The Morgan fingerprint density at radius 2 is 1.70 bits per heavy atom. The van der Waals surface area contributed by atoms with E-state index in [0.717, 1.165) is 44.1 Å². The minimum atomic E-state index is -3.84. The van der Waals surface area contributed by atoms with Crippen molar-refractivity contribution in [3.63, 3.8) is 0 Å². The number of hydrogen-bond acceptors (Lipinski definition) is 9. The fraction of sp³-hybridized carbons (Fsp3) is 0.722. The third-order valence-electron chi connectivity index (χ3n) is 12.6. The molecule has 4 saturated carbocycles. The molecule has 0 heterocycles. The van der Waals surface area contributed by atoms with Crippen molar-refractivity contribution in [1.82, 2.24) is 4.83 Å². The monoisotopic (exact) mass is 672 g/mol. The summed E-state index contributed by atoms with van der Waals surface area (Å²) in [6.45, 7) is 11.4. The van der Waals surface area contributed by atoms with Crippen LogP contribution in [0.3, 0.4) is 0 Å². The smallest absolute Gasteiger partial charge is 0.302 e. The zero-order chi connectivity index (χ0) is 34.3. The molecular formula is C36H52N2O8S. The number of nitrogens with zero attached hydrogens (tertiary/aromatic N) is 1. The van der Waals surface area contributed by atoms with Crippen molar-refractivity contribution in [1.29, 1.82) is 0 Å². The highest BCUT2D eigenvalue weighted by molar-refractivity contribution is 7.89. The highest BCUT2D eigenvalue weighted by atomic mass is 32.2. The van der Waals surface area contributed by atoms with Gasteiger partial charge in [-0.2, -0.15) is 13.2 Å². The summed E-state index contributed by atoms with van der Waals surface area (Å²) < 4.78 is 42.7. The van der Waals surface area contributed by atoms with E-state index in [1.54, 1.807) is 12.1 Å². The van der Waals surface area contributed by atoms with Crippen LogP contribution in [0.5, 0.6) is 0 Å². The van der Waals surface area contributed by atoms with Crippen molar-refractivity contribution in [2.45, 2.75) is 116 Å². The Morgan fingerprint density at radius 1 is 1.02 bits per heavy atom. The van der Waals surface area contributed by atoms with Crippen LogP contribution in [-0.2, 0) is 38.6 Å². The van der Waals surface area contributed by atoms with Crippen molar-refractivity contribution in [3.8, 4) is 0 Å². The average molecular weight is 673 g/mol. The summed E-state index contributed by atoms with van der Waals surface area (Å²) in [7, 11) is -2.36. The van der Waals surface area contributed by atoms with Crippen molar-refractivity contribution < 1.29 is 37.0 Å². The van der Waals surface area contributed by atoms with E-state index in [4.69, 9.17) is 14.2 Å². The van der Waals surface area contributed by atoms with Crippen LogP contribution < -0.4 is 4.83 Å². The lowest BCUT2D eigenvalue weighted by Gasteiger charge is -2.62. The summed E-state index contributed by atoms with van der Waals surface area (Å²) in [5.74, 6) is 0.810. The highest BCUT2D eigenvalue weighted by Gasteiger charge is 2.66. The molecule has 1 aromatic carbocycles. The predicted octanol–water partition coefficient (Wildman–Crippen LogP) is 5.96. The number of hydrogen-bond donors (Lipinski definition) is 1. The molecular weight excluding hydrogens is 620 g/mol. The van der Waals surface area contributed by atoms with E-state index in [2.05, 4.69) is 30.7 Å². The van der Waals surface area contributed by atoms with Crippen LogP contribution >= 0.6 is 0 Å². The minimum absolute atomic E-state index is 0.0889. The van der Waals surface area contributed by atoms with Gasteiger partial charge in [0.1, 0.15) is 18.0 Å². The number of sulfonamides is 1. The van der Waals surface area contributed by atoms with Gasteiger partial charge in [-0.05, 0) is 99.0 Å². The van der Waals surface area contributed by atoms with Gasteiger partial charge in [0, 0.05) is 38.0 Å². The lowest BCUT2D eigenvalue weighted by molar-refractivity contribution is -0.196. The van der Waals surface area contributed by atoms with Gasteiger partial charge in [0.25, 0.3) is 10.0 Å². The third-order valence-corrected chi connectivity index (χ3v) is 13.8. The number of Topliss-reactive ketones (excluding diaryl/α,β-unsaturated/α-hetero) is 1. The third kappa shape index (κ3) is 6.83. The van der Waals surface area contributed by atoms with Crippen LogP contribution in [0.4, 0.5) is 0 Å². The number of benzene rings is 1. The number of hydrazone groups is 1. The van der Waals surface area contributed by atoms with Crippen molar-refractivity contribution in [3.05, 3.63) is 29.8 Å². The van der Waals surface area contributed by atoms with Gasteiger partial charge in [-0.15, -0.1) is 5.10 Å². The number of fused-ring (bicyclic) bond motifs is 5. The first kappa shape index (κ1) is 35.4. The van der Waals surface area contributed by atoms with Gasteiger partial charge in [-0.3, -0.25) is 14.4 Å². The number of nitrogens with one attached hydrogen (secondary N) is 1. The Kier molecular flexibility index (Phi) is 10.2. The molecule has 4 fully saturated rings. The van der Waals surface area contributed by atoms with Crippen LogP contribution in [0.1, 0.15) is 98.0 Å². The van der Waals surface area contributed by atoms with Crippen LogP contribution in [0.15, 0.2) is 34.3 Å². The lowest BCUT2D eigenvalue weighted by atomic mass is 9.43. The summed E-state index contributed by atoms with van der Waals surface area (Å²) >= 11 is 0. The molecule has 4 aliphatic carbocycles. The molecule has 1 N–H and O–H groups in total. The standard InChI is InChI=1S/C36H52N2O8S/c1-21-8-11-27(12-9-21)47(42,43)38-37-33(44-7)15-10-22(2)28-13-14-29-34-30(20-32(41)36(28,29)6)35(5)17-16-26(45-23(3)39)18-25(35)19-31(34)46-24(4)40/h8-9,11-12,22,25-26,28-31,34,38H,10,13-20H2,1-7H3/t22-,25+,26-,28-,29+,30+,31-,34+,35+,36-/m1/s1. The van der Waals surface area contributed by atoms with Crippen molar-refractivity contribution >= 4 is 33.6 Å². The largest absolute Gasteiger partial charge is 0.483 e. The Hall–Kier alpha value is -2.95. The van der Waals surface area contributed by atoms with Gasteiger partial charge >= 0.3 is 11.9 Å². The van der Waals surface area contributed by atoms with E-state index < -0.39 is 15.4 Å². The predicted molar refractivity (Wildman–Crippen MR) is 176 cm³/mol. The molecule has 0 aliphatic heterocycles. The topological polar surface area (TPSA) is 137 Å². The molecule has 0 bridgehead atoms. The molecule has 0 spiro atoms. The number of ether oxygens (including phenoxy) is 3. The number of rotatable bonds is 9. The maximum atomic E-state index is 14.4. The van der Waals surface area contributed by atoms with Gasteiger partial charge < -0.3 is 14.2 Å². The minimum Gasteiger partial charge on any atom is -0.483 e. The molecule has 1 aromatic rings. The summed E-state index contributed by atoms with van der Waals surface area (Å²) in [5.41, 5.74) is 0.323. The number of aryl methyl sites for hydroxylation is 1. The summed E-state index contributed by atoms with van der Waals surface area (Å²) in [4.78, 5) is 41.0. The van der Waals surface area contributed by atoms with E-state index in [-0.39, 0.29) is 75.9 Å². The first-order chi connectivity index (χ1) is 22.1. The molecule has 5 rings (SSSR count). The first-order valence-corrected chi connectivity index (χ1v) is 18.6. The second kappa shape index (κ2) is 13.5. The van der Waals surface area contributed by atoms with Crippen molar-refractivity contribution in [2.24, 2.45) is 51.4 Å². The van der Waals surface area contributed by atoms with Crippen molar-refractivity contribution in [2.75, 3.05) is 7.11 Å².